The van der Waals surface area contributed by atoms with Gasteiger partial charge in [0, 0.05) is 29.7 Å². The molecular formula is C12H21N3S. The molecule has 1 saturated heterocycles. The second-order valence-corrected chi connectivity index (χ2v) is 6.02. The normalized spacial score (nSPS) is 23.1. The van der Waals surface area contributed by atoms with E-state index in [0.29, 0.717) is 12.0 Å². The highest BCUT2D eigenvalue weighted by Crippen LogP contribution is 2.33. The number of nitrogens with two attached hydrogens (primary N) is 1. The first-order chi connectivity index (χ1) is 7.59. The fraction of sp³-hybridized carbons (Fsp3) is 0.750. The number of hydrogen-bond donors (Lipinski definition) is 1. The van der Waals surface area contributed by atoms with E-state index >= 15 is 0 Å². The van der Waals surface area contributed by atoms with E-state index in [2.05, 4.69) is 23.7 Å². The highest BCUT2D eigenvalue weighted by atomic mass is 32.1. The first-order valence-electron chi connectivity index (χ1n) is 6.07. The first-order valence-corrected chi connectivity index (χ1v) is 6.89. The summed E-state index contributed by atoms with van der Waals surface area (Å²) in [7, 11) is 0. The molecule has 1 aliphatic rings. The van der Waals surface area contributed by atoms with Gasteiger partial charge in [-0.1, -0.05) is 13.8 Å². The quantitative estimate of drug-likeness (QED) is 0.882. The maximum Gasteiger partial charge on any atom is 0.185 e. The van der Waals surface area contributed by atoms with E-state index in [0.717, 1.165) is 11.7 Å². The van der Waals surface area contributed by atoms with Gasteiger partial charge in [0.25, 0.3) is 0 Å². The van der Waals surface area contributed by atoms with E-state index < -0.39 is 0 Å². The predicted molar refractivity (Wildman–Crippen MR) is 69.9 cm³/mol. The van der Waals surface area contributed by atoms with Crippen LogP contribution in [0.1, 0.15) is 44.5 Å². The number of anilines is 1. The van der Waals surface area contributed by atoms with Gasteiger partial charge in [-0.2, -0.15) is 0 Å². The smallest absolute Gasteiger partial charge is 0.185 e. The van der Waals surface area contributed by atoms with Crippen molar-refractivity contribution in [3.05, 3.63) is 11.1 Å². The van der Waals surface area contributed by atoms with Gasteiger partial charge in [0.1, 0.15) is 0 Å². The van der Waals surface area contributed by atoms with Crippen molar-refractivity contribution >= 4 is 16.5 Å². The lowest BCUT2D eigenvalue weighted by Crippen LogP contribution is -2.33. The molecule has 3 nitrogen and oxygen atoms in total. The zero-order valence-electron chi connectivity index (χ0n) is 10.3. The van der Waals surface area contributed by atoms with Crippen LogP contribution in [0.3, 0.4) is 0 Å². The van der Waals surface area contributed by atoms with Crippen molar-refractivity contribution in [1.29, 1.82) is 0 Å². The molecule has 16 heavy (non-hydrogen) atoms. The molecule has 1 aliphatic heterocycles. The molecule has 0 bridgehead atoms. The van der Waals surface area contributed by atoms with Gasteiger partial charge in [-0.25, -0.2) is 4.98 Å². The third-order valence-electron chi connectivity index (χ3n) is 3.27. The van der Waals surface area contributed by atoms with Gasteiger partial charge < -0.3 is 10.6 Å². The van der Waals surface area contributed by atoms with E-state index in [4.69, 9.17) is 5.73 Å². The van der Waals surface area contributed by atoms with Gasteiger partial charge in [-0.15, -0.1) is 11.3 Å². The Bertz CT molecular complexity index is 346. The van der Waals surface area contributed by atoms with Crippen LogP contribution < -0.4 is 10.6 Å². The van der Waals surface area contributed by atoms with Crippen molar-refractivity contribution < 1.29 is 0 Å². The maximum atomic E-state index is 5.87. The Kier molecular flexibility index (Phi) is 3.50. The van der Waals surface area contributed by atoms with E-state index in [1.165, 1.54) is 17.7 Å². The zero-order valence-corrected chi connectivity index (χ0v) is 11.1. The Morgan fingerprint density at radius 3 is 2.81 bits per heavy atom. The lowest BCUT2D eigenvalue weighted by Gasteiger charge is -2.27. The molecule has 1 aromatic rings. The van der Waals surface area contributed by atoms with Crippen LogP contribution in [0.25, 0.3) is 0 Å². The van der Waals surface area contributed by atoms with Gasteiger partial charge in [-0.3, -0.25) is 0 Å². The van der Waals surface area contributed by atoms with Crippen LogP contribution in [0.4, 0.5) is 5.13 Å². The Morgan fingerprint density at radius 2 is 2.25 bits per heavy atom. The summed E-state index contributed by atoms with van der Waals surface area (Å²) in [5.74, 6) is 0.699. The number of nitrogens with zero attached hydrogens (tertiary/aromatic N) is 2. The van der Waals surface area contributed by atoms with Crippen molar-refractivity contribution in [2.24, 2.45) is 11.7 Å². The summed E-state index contributed by atoms with van der Waals surface area (Å²) >= 11 is 1.75. The van der Waals surface area contributed by atoms with Crippen molar-refractivity contribution in [2.75, 3.05) is 11.4 Å². The molecule has 2 N–H and O–H groups in total. The summed E-state index contributed by atoms with van der Waals surface area (Å²) in [6, 6.07) is 0.762. The average Bonchev–Trinajstić information content (AvgIpc) is 2.86. The van der Waals surface area contributed by atoms with Crippen LogP contribution in [0.2, 0.25) is 0 Å². The standard InChI is InChI=1S/C12H21N3S/c1-8(2)10-5-4-6-15(10)12-14-7-11(16-12)9(3)13/h7-10H,4-6,13H2,1-3H3. The fourth-order valence-corrected chi connectivity index (χ4v) is 3.29. The molecule has 0 aromatic carbocycles. The van der Waals surface area contributed by atoms with Crippen LogP contribution in [-0.4, -0.2) is 17.6 Å². The molecule has 2 atom stereocenters. The summed E-state index contributed by atoms with van der Waals surface area (Å²) in [5.41, 5.74) is 5.87. The Hall–Kier alpha value is -0.610. The Labute approximate surface area is 102 Å². The third-order valence-corrected chi connectivity index (χ3v) is 4.51. The SMILES string of the molecule is CC(N)c1cnc(N2CCCC2C(C)C)s1. The molecule has 2 heterocycles. The molecule has 0 radical (unpaired) electrons. The molecule has 4 heteroatoms. The van der Waals surface area contributed by atoms with E-state index in [1.54, 1.807) is 11.3 Å². The summed E-state index contributed by atoms with van der Waals surface area (Å²) < 4.78 is 0. The van der Waals surface area contributed by atoms with Crippen molar-refractivity contribution in [2.45, 2.75) is 45.7 Å². The topological polar surface area (TPSA) is 42.1 Å². The molecule has 0 saturated carbocycles. The molecule has 1 fully saturated rings. The summed E-state index contributed by atoms with van der Waals surface area (Å²) in [5, 5.41) is 1.16. The van der Waals surface area contributed by atoms with Crippen LogP contribution in [0.5, 0.6) is 0 Å². The summed E-state index contributed by atoms with van der Waals surface area (Å²) in [6.45, 7) is 7.75. The van der Waals surface area contributed by atoms with Crippen molar-refractivity contribution in [1.82, 2.24) is 4.98 Å². The van der Waals surface area contributed by atoms with Crippen LogP contribution >= 0.6 is 11.3 Å². The minimum Gasteiger partial charge on any atom is -0.345 e. The average molecular weight is 239 g/mol. The van der Waals surface area contributed by atoms with Gasteiger partial charge in [-0.05, 0) is 25.7 Å². The molecule has 2 unspecified atom stereocenters. The zero-order chi connectivity index (χ0) is 11.7. The molecule has 0 amide bonds. The lowest BCUT2D eigenvalue weighted by molar-refractivity contribution is 0.491. The minimum atomic E-state index is 0.103. The third kappa shape index (κ3) is 2.23. The summed E-state index contributed by atoms with van der Waals surface area (Å²) in [6.07, 6.45) is 4.51. The number of thiazole rings is 1. The van der Waals surface area contributed by atoms with Crippen molar-refractivity contribution in [3.63, 3.8) is 0 Å². The molecule has 2 rings (SSSR count). The molecule has 0 spiro atoms. The minimum absolute atomic E-state index is 0.103. The van der Waals surface area contributed by atoms with Gasteiger partial charge >= 0.3 is 0 Å². The Balaban J connectivity index is 2.16. The molecule has 1 aromatic heterocycles. The van der Waals surface area contributed by atoms with Crippen LogP contribution in [0, 0.1) is 5.92 Å². The van der Waals surface area contributed by atoms with E-state index in [1.807, 2.05) is 13.1 Å². The maximum absolute atomic E-state index is 5.87. The highest BCUT2D eigenvalue weighted by Gasteiger charge is 2.29. The number of aromatic nitrogens is 1. The van der Waals surface area contributed by atoms with Gasteiger partial charge in [0.2, 0.25) is 0 Å². The van der Waals surface area contributed by atoms with Gasteiger partial charge in [0.05, 0.1) is 0 Å². The molecule has 90 valence electrons. The van der Waals surface area contributed by atoms with Gasteiger partial charge in [0.15, 0.2) is 5.13 Å². The van der Waals surface area contributed by atoms with Crippen molar-refractivity contribution in [3.8, 4) is 0 Å². The second kappa shape index (κ2) is 4.72. The van der Waals surface area contributed by atoms with Crippen LogP contribution in [0.15, 0.2) is 6.20 Å². The second-order valence-electron chi connectivity index (χ2n) is 4.98. The monoisotopic (exact) mass is 239 g/mol. The predicted octanol–water partition coefficient (Wildman–Crippen LogP) is 2.79. The Morgan fingerprint density at radius 1 is 1.50 bits per heavy atom. The van der Waals surface area contributed by atoms with Crippen LogP contribution in [-0.2, 0) is 0 Å². The van der Waals surface area contributed by atoms with E-state index in [9.17, 15) is 0 Å². The largest absolute Gasteiger partial charge is 0.345 e. The highest BCUT2D eigenvalue weighted by molar-refractivity contribution is 7.15. The summed E-state index contributed by atoms with van der Waals surface area (Å²) in [4.78, 5) is 8.16. The lowest BCUT2D eigenvalue weighted by atomic mass is 10.0. The fourth-order valence-electron chi connectivity index (χ4n) is 2.34. The number of rotatable bonds is 3. The number of hydrogen-bond acceptors (Lipinski definition) is 4. The first kappa shape index (κ1) is 11.9. The van der Waals surface area contributed by atoms with E-state index in [-0.39, 0.29) is 6.04 Å². The molecule has 0 aliphatic carbocycles. The molecular weight excluding hydrogens is 218 g/mol.